The van der Waals surface area contributed by atoms with Gasteiger partial charge in [-0.05, 0) is 113 Å². The van der Waals surface area contributed by atoms with Crippen molar-refractivity contribution < 1.29 is 38.2 Å². The Morgan fingerprint density at radius 1 is 0.800 bits per heavy atom. The van der Waals surface area contributed by atoms with E-state index in [9.17, 15) is 28.8 Å². The number of piperazine rings is 1. The van der Waals surface area contributed by atoms with Gasteiger partial charge in [-0.15, -0.1) is 0 Å². The summed E-state index contributed by atoms with van der Waals surface area (Å²) in [5.41, 5.74) is 8.62. The number of pyridine rings is 1. The topological polar surface area (TPSA) is 215 Å². The van der Waals surface area contributed by atoms with Gasteiger partial charge in [-0.2, -0.15) is 0 Å². The minimum atomic E-state index is -0.988. The summed E-state index contributed by atoms with van der Waals surface area (Å²) in [5.74, 6) is -1.67. The standard InChI is InChI=1S/C55H60N12O8/c1-32(34-6-8-37(9-7-34)59-53-57-27-35-18-19-64(31-43(35)60-53)45-28-56-50-47(33(45)2)66(24-25-74-50)54(73)75-55(3,4)5)48(69)58-36-10-12-38(13-11-36)62-20-22-63(23-21-62)40-29-65(30-40)39-14-15-41-42(26-39)52(72)67(51(41)71)44-16-17-46(68)61-49(44)70/h6-15,26-28,32,40,44H,16-25,29-31H2,1-5H3,(H,58,69)(H,57,59,60)(H,61,68,70)/t32-,44?/m0/s1. The van der Waals surface area contributed by atoms with E-state index in [-0.39, 0.29) is 29.9 Å². The zero-order chi connectivity index (χ0) is 52.3. The number of hydrogen-bond acceptors (Lipinski definition) is 16. The fraction of sp³-hybridized carbons (Fsp3) is 0.400. The van der Waals surface area contributed by atoms with E-state index in [2.05, 4.69) is 45.5 Å². The molecule has 3 aromatic carbocycles. The second-order valence-corrected chi connectivity index (χ2v) is 21.0. The van der Waals surface area contributed by atoms with Crippen molar-refractivity contribution in [2.45, 2.75) is 84.0 Å². The first-order valence-electron chi connectivity index (χ1n) is 25.7. The van der Waals surface area contributed by atoms with Crippen LogP contribution in [0, 0.1) is 6.92 Å². The van der Waals surface area contributed by atoms with Gasteiger partial charge < -0.3 is 34.8 Å². The Labute approximate surface area is 434 Å². The normalized spacial score (nSPS) is 19.4. The average Bonchev–Trinajstić information content (AvgIpc) is 3.65. The summed E-state index contributed by atoms with van der Waals surface area (Å²) in [6.45, 7) is 16.5. The SMILES string of the molecule is Cc1c(N2CCc3cnc(Nc4ccc([C@H](C)C(=O)Nc5ccc(N6CCN(C7CN(c8ccc9c(c8)C(=O)N(C8CCC(=O)NC8=O)C9=O)C7)CC6)cc5)cc4)nc3C2)cnc2c1N(C(=O)OC(C)(C)C)CCO2. The molecule has 388 valence electrons. The van der Waals surface area contributed by atoms with E-state index < -0.39 is 47.3 Å². The molecule has 0 radical (unpaired) electrons. The van der Waals surface area contributed by atoms with Crippen LogP contribution in [0.1, 0.15) is 89.6 Å². The Bertz CT molecular complexity index is 3110. The Balaban J connectivity index is 0.641. The van der Waals surface area contributed by atoms with Crippen molar-refractivity contribution in [3.05, 3.63) is 113 Å². The van der Waals surface area contributed by atoms with Crippen molar-refractivity contribution >= 4 is 75.7 Å². The number of fused-ring (bicyclic) bond motifs is 3. The lowest BCUT2D eigenvalue weighted by Crippen LogP contribution is -2.63. The number of nitrogens with one attached hydrogen (secondary N) is 3. The van der Waals surface area contributed by atoms with Crippen LogP contribution in [0.5, 0.6) is 5.88 Å². The number of imide groups is 2. The molecule has 0 aliphatic carbocycles. The smallest absolute Gasteiger partial charge is 0.415 e. The number of amides is 6. The van der Waals surface area contributed by atoms with E-state index in [0.717, 1.165) is 108 Å². The summed E-state index contributed by atoms with van der Waals surface area (Å²) in [4.78, 5) is 103. The number of nitrogens with zero attached hydrogens (tertiary/aromatic N) is 9. The first-order chi connectivity index (χ1) is 36.0. The van der Waals surface area contributed by atoms with Crippen molar-refractivity contribution in [3.8, 4) is 5.88 Å². The molecule has 11 rings (SSSR count). The maximum Gasteiger partial charge on any atom is 0.415 e. The quantitative estimate of drug-likeness (QED) is 0.142. The number of anilines is 7. The molecule has 0 bridgehead atoms. The number of hydrogen-bond donors (Lipinski definition) is 3. The fourth-order valence-electron chi connectivity index (χ4n) is 10.8. The molecule has 3 fully saturated rings. The number of carbonyl (C=O) groups is 6. The summed E-state index contributed by atoms with van der Waals surface area (Å²) in [7, 11) is 0. The van der Waals surface area contributed by atoms with Gasteiger partial charge in [0.25, 0.3) is 11.8 Å². The minimum Gasteiger partial charge on any atom is -0.474 e. The Hall–Kier alpha value is -8.13. The molecular weight excluding hydrogens is 957 g/mol. The van der Waals surface area contributed by atoms with Gasteiger partial charge in [-0.25, -0.2) is 19.7 Å². The second kappa shape index (κ2) is 19.6. The van der Waals surface area contributed by atoms with Gasteiger partial charge in [0.2, 0.25) is 29.5 Å². The molecule has 2 aromatic heterocycles. The number of aromatic nitrogens is 3. The van der Waals surface area contributed by atoms with E-state index in [1.807, 2.05) is 95.4 Å². The molecular formula is C55H60N12O8. The van der Waals surface area contributed by atoms with E-state index in [4.69, 9.17) is 14.5 Å². The number of rotatable bonds is 10. The third-order valence-corrected chi connectivity index (χ3v) is 15.0. The van der Waals surface area contributed by atoms with Gasteiger partial charge in [-0.1, -0.05) is 12.1 Å². The summed E-state index contributed by atoms with van der Waals surface area (Å²) in [5, 5.41) is 8.67. The van der Waals surface area contributed by atoms with Gasteiger partial charge in [0, 0.05) is 92.8 Å². The fourth-order valence-corrected chi connectivity index (χ4v) is 10.8. The molecule has 6 aliphatic rings. The van der Waals surface area contributed by atoms with Gasteiger partial charge in [-0.3, -0.25) is 44.0 Å². The van der Waals surface area contributed by atoms with E-state index >= 15 is 0 Å². The molecule has 2 atom stereocenters. The van der Waals surface area contributed by atoms with Crippen molar-refractivity contribution in [3.63, 3.8) is 0 Å². The lowest BCUT2D eigenvalue weighted by Gasteiger charge is -2.49. The van der Waals surface area contributed by atoms with Crippen molar-refractivity contribution in [2.24, 2.45) is 0 Å². The van der Waals surface area contributed by atoms with Crippen molar-refractivity contribution in [1.82, 2.24) is 30.1 Å². The molecule has 0 saturated carbocycles. The van der Waals surface area contributed by atoms with Crippen LogP contribution in [0.25, 0.3) is 0 Å². The minimum absolute atomic E-state index is 0.0800. The van der Waals surface area contributed by atoms with Crippen LogP contribution in [-0.2, 0) is 32.1 Å². The molecule has 20 heteroatoms. The Morgan fingerprint density at radius 3 is 2.25 bits per heavy atom. The molecule has 1 unspecified atom stereocenters. The number of ether oxygens (including phenoxy) is 2. The monoisotopic (exact) mass is 1020 g/mol. The van der Waals surface area contributed by atoms with E-state index in [0.29, 0.717) is 43.3 Å². The molecule has 3 N–H and O–H groups in total. The highest BCUT2D eigenvalue weighted by Crippen LogP contribution is 2.40. The molecule has 6 aliphatic heterocycles. The molecule has 8 heterocycles. The van der Waals surface area contributed by atoms with Crippen LogP contribution >= 0.6 is 0 Å². The Morgan fingerprint density at radius 2 is 1.52 bits per heavy atom. The zero-order valence-corrected chi connectivity index (χ0v) is 42.7. The maximum atomic E-state index is 13.5. The lowest BCUT2D eigenvalue weighted by molar-refractivity contribution is -0.136. The second-order valence-electron chi connectivity index (χ2n) is 21.0. The summed E-state index contributed by atoms with van der Waals surface area (Å²) in [6, 6.07) is 20.3. The van der Waals surface area contributed by atoms with Crippen LogP contribution in [0.15, 0.2) is 79.1 Å². The predicted molar refractivity (Wildman–Crippen MR) is 281 cm³/mol. The molecule has 5 aromatic rings. The Kier molecular flexibility index (Phi) is 12.8. The average molecular weight is 1020 g/mol. The largest absolute Gasteiger partial charge is 0.474 e. The third-order valence-electron chi connectivity index (χ3n) is 15.0. The van der Waals surface area contributed by atoms with Gasteiger partial charge in [0.1, 0.15) is 23.9 Å². The molecule has 0 spiro atoms. The van der Waals surface area contributed by atoms with Crippen LogP contribution in [0.4, 0.5) is 44.9 Å². The van der Waals surface area contributed by atoms with Crippen LogP contribution in [0.3, 0.4) is 0 Å². The summed E-state index contributed by atoms with van der Waals surface area (Å²) in [6.07, 6.45) is 4.19. The molecule has 3 saturated heterocycles. The first-order valence-corrected chi connectivity index (χ1v) is 25.7. The molecule has 6 amide bonds. The van der Waals surface area contributed by atoms with E-state index in [1.165, 1.54) is 0 Å². The van der Waals surface area contributed by atoms with E-state index in [1.54, 1.807) is 23.2 Å². The maximum absolute atomic E-state index is 13.5. The van der Waals surface area contributed by atoms with Crippen molar-refractivity contribution in [1.29, 1.82) is 0 Å². The number of carbonyl (C=O) groups excluding carboxylic acids is 6. The number of benzene rings is 3. The van der Waals surface area contributed by atoms with Gasteiger partial charge in [0.15, 0.2) is 0 Å². The highest BCUT2D eigenvalue weighted by atomic mass is 16.6. The highest BCUT2D eigenvalue weighted by molar-refractivity contribution is 6.23. The van der Waals surface area contributed by atoms with Crippen LogP contribution in [0.2, 0.25) is 0 Å². The molecule has 75 heavy (non-hydrogen) atoms. The zero-order valence-electron chi connectivity index (χ0n) is 42.7. The third kappa shape index (κ3) is 9.77. The first kappa shape index (κ1) is 49.1. The van der Waals surface area contributed by atoms with Crippen LogP contribution in [-0.4, -0.2) is 137 Å². The number of piperidine rings is 1. The van der Waals surface area contributed by atoms with Gasteiger partial charge >= 0.3 is 6.09 Å². The highest BCUT2D eigenvalue weighted by Gasteiger charge is 2.45. The van der Waals surface area contributed by atoms with Crippen LogP contribution < -0.4 is 40.3 Å². The lowest BCUT2D eigenvalue weighted by atomic mass is 10.00. The predicted octanol–water partition coefficient (Wildman–Crippen LogP) is 5.77. The summed E-state index contributed by atoms with van der Waals surface area (Å²) >= 11 is 0. The molecule has 20 nitrogen and oxygen atoms in total. The van der Waals surface area contributed by atoms with Gasteiger partial charge in [0.05, 0.1) is 47.7 Å². The summed E-state index contributed by atoms with van der Waals surface area (Å²) < 4.78 is 11.6. The van der Waals surface area contributed by atoms with Crippen molar-refractivity contribution in [2.75, 3.05) is 89.2 Å².